The summed E-state index contributed by atoms with van der Waals surface area (Å²) >= 11 is 0. The second-order valence-electron chi connectivity index (χ2n) is 6.51. The Balaban J connectivity index is 1.52. The van der Waals surface area contributed by atoms with Gasteiger partial charge in [-0.25, -0.2) is 4.98 Å². The number of nitrogens with one attached hydrogen (secondary N) is 2. The second kappa shape index (κ2) is 7.09. The van der Waals surface area contributed by atoms with Crippen LogP contribution in [0.5, 0.6) is 0 Å². The summed E-state index contributed by atoms with van der Waals surface area (Å²) in [6, 6.07) is 16.5. The van der Waals surface area contributed by atoms with E-state index >= 15 is 0 Å². The fourth-order valence-corrected chi connectivity index (χ4v) is 3.46. The molecule has 4 rings (SSSR count). The lowest BCUT2D eigenvalue weighted by Crippen LogP contribution is -2.39. The molecule has 2 heterocycles. The molecule has 3 aromatic rings. The molecule has 1 aliphatic rings. The fraction of sp³-hybridized carbons (Fsp3) is 0.250. The summed E-state index contributed by atoms with van der Waals surface area (Å²) in [6.07, 6.45) is 1.75. The van der Waals surface area contributed by atoms with Crippen LogP contribution >= 0.6 is 0 Å². The highest BCUT2D eigenvalue weighted by Gasteiger charge is 2.31. The number of aromatic nitrogens is 2. The first-order valence-corrected chi connectivity index (χ1v) is 8.78. The number of carbonyl (C=O) groups is 1. The molecule has 6 heteroatoms. The number of hydrogen-bond acceptors (Lipinski definition) is 4. The summed E-state index contributed by atoms with van der Waals surface area (Å²) in [6.45, 7) is 1.26. The first-order chi connectivity index (χ1) is 12.7. The van der Waals surface area contributed by atoms with Crippen LogP contribution in [0.25, 0.3) is 10.9 Å². The van der Waals surface area contributed by atoms with E-state index in [4.69, 9.17) is 0 Å². The van der Waals surface area contributed by atoms with E-state index in [1.54, 1.807) is 6.07 Å². The lowest BCUT2D eigenvalue weighted by Gasteiger charge is -2.23. The summed E-state index contributed by atoms with van der Waals surface area (Å²) < 4.78 is 0. The Morgan fingerprint density at radius 1 is 1.15 bits per heavy atom. The molecule has 0 saturated carbocycles. The molecule has 1 aromatic heterocycles. The van der Waals surface area contributed by atoms with E-state index in [0.717, 1.165) is 25.1 Å². The van der Waals surface area contributed by atoms with E-state index in [0.29, 0.717) is 23.3 Å². The molecular formula is C20H20N4O2. The van der Waals surface area contributed by atoms with Crippen molar-refractivity contribution < 1.29 is 4.79 Å². The van der Waals surface area contributed by atoms with Crippen LogP contribution in [0.4, 0.5) is 5.69 Å². The van der Waals surface area contributed by atoms with E-state index in [1.165, 1.54) is 0 Å². The number of rotatable bonds is 4. The number of hydrogen-bond donors (Lipinski definition) is 2. The van der Waals surface area contributed by atoms with Crippen molar-refractivity contribution >= 4 is 22.5 Å². The average molecular weight is 348 g/mol. The number of carbonyl (C=O) groups excluding carboxylic acids is 1. The molecule has 1 fully saturated rings. The van der Waals surface area contributed by atoms with Crippen molar-refractivity contribution in [3.05, 3.63) is 70.8 Å². The molecule has 0 radical (unpaired) electrons. The quantitative estimate of drug-likeness (QED) is 0.759. The minimum Gasteiger partial charge on any atom is -0.325 e. The van der Waals surface area contributed by atoms with E-state index in [9.17, 15) is 9.59 Å². The fourth-order valence-electron chi connectivity index (χ4n) is 3.46. The maximum Gasteiger partial charge on any atom is 0.258 e. The normalized spacial score (nSPS) is 17.5. The molecule has 1 aliphatic heterocycles. The summed E-state index contributed by atoms with van der Waals surface area (Å²) in [5.41, 5.74) is 1.33. The number of likely N-dealkylation sites (tertiary alicyclic amines) is 1. The number of anilines is 1. The standard InChI is InChI=1S/C20H20N4O2/c25-19-15-9-4-5-10-16(15)22-18(23-19)13-24-12-6-11-17(24)20(26)21-14-7-2-1-3-8-14/h1-5,7-10,17H,6,11-13H2,(H,21,26)(H,22,23,25). The smallest absolute Gasteiger partial charge is 0.258 e. The summed E-state index contributed by atoms with van der Waals surface area (Å²) in [5.74, 6) is 0.574. The molecule has 6 nitrogen and oxygen atoms in total. The van der Waals surface area contributed by atoms with E-state index in [-0.39, 0.29) is 17.5 Å². The second-order valence-corrected chi connectivity index (χ2v) is 6.51. The van der Waals surface area contributed by atoms with Crippen LogP contribution in [0.2, 0.25) is 0 Å². The van der Waals surface area contributed by atoms with Crippen LogP contribution in [-0.4, -0.2) is 33.4 Å². The van der Waals surface area contributed by atoms with Crippen molar-refractivity contribution in [2.45, 2.75) is 25.4 Å². The van der Waals surface area contributed by atoms with Gasteiger partial charge in [-0.2, -0.15) is 0 Å². The number of amides is 1. The Labute approximate surface area is 150 Å². The molecule has 2 aromatic carbocycles. The number of aromatic amines is 1. The third-order valence-electron chi connectivity index (χ3n) is 4.72. The molecule has 0 aliphatic carbocycles. The molecule has 0 bridgehead atoms. The first kappa shape index (κ1) is 16.5. The topological polar surface area (TPSA) is 78.1 Å². The lowest BCUT2D eigenvalue weighted by molar-refractivity contribution is -0.120. The van der Waals surface area contributed by atoms with Crippen molar-refractivity contribution in [3.63, 3.8) is 0 Å². The van der Waals surface area contributed by atoms with E-state index in [1.807, 2.05) is 48.5 Å². The number of benzene rings is 2. The van der Waals surface area contributed by atoms with Crippen molar-refractivity contribution in [2.24, 2.45) is 0 Å². The Hall–Kier alpha value is -2.99. The van der Waals surface area contributed by atoms with Crippen LogP contribution < -0.4 is 10.9 Å². The molecule has 1 saturated heterocycles. The van der Waals surface area contributed by atoms with Gasteiger partial charge in [0.15, 0.2) is 0 Å². The SMILES string of the molecule is O=C(Nc1ccccc1)C1CCCN1Cc1nc2ccccc2c(=O)[nH]1. The molecule has 1 unspecified atom stereocenters. The highest BCUT2D eigenvalue weighted by atomic mass is 16.2. The summed E-state index contributed by atoms with van der Waals surface area (Å²) in [4.78, 5) is 34.4. The number of H-pyrrole nitrogens is 1. The first-order valence-electron chi connectivity index (χ1n) is 8.78. The zero-order chi connectivity index (χ0) is 17.9. The van der Waals surface area contributed by atoms with Gasteiger partial charge in [-0.05, 0) is 43.7 Å². The third kappa shape index (κ3) is 3.36. The number of fused-ring (bicyclic) bond motifs is 1. The lowest BCUT2D eigenvalue weighted by atomic mass is 10.2. The molecule has 26 heavy (non-hydrogen) atoms. The highest BCUT2D eigenvalue weighted by Crippen LogP contribution is 2.21. The Morgan fingerprint density at radius 3 is 2.77 bits per heavy atom. The van der Waals surface area contributed by atoms with Crippen molar-refractivity contribution in [1.29, 1.82) is 0 Å². The maximum atomic E-state index is 12.6. The van der Waals surface area contributed by atoms with Gasteiger partial charge < -0.3 is 10.3 Å². The predicted molar refractivity (Wildman–Crippen MR) is 101 cm³/mol. The third-order valence-corrected chi connectivity index (χ3v) is 4.72. The maximum absolute atomic E-state index is 12.6. The molecule has 1 amide bonds. The molecule has 0 spiro atoms. The predicted octanol–water partition coefficient (Wildman–Crippen LogP) is 2.53. The van der Waals surface area contributed by atoms with Crippen LogP contribution in [0.1, 0.15) is 18.7 Å². The Kier molecular flexibility index (Phi) is 4.50. The number of para-hydroxylation sites is 2. The van der Waals surface area contributed by atoms with Crippen molar-refractivity contribution in [3.8, 4) is 0 Å². The highest BCUT2D eigenvalue weighted by molar-refractivity contribution is 5.95. The number of nitrogens with zero attached hydrogens (tertiary/aromatic N) is 2. The zero-order valence-electron chi connectivity index (χ0n) is 14.3. The Bertz CT molecular complexity index is 984. The summed E-state index contributed by atoms with van der Waals surface area (Å²) in [5, 5.41) is 3.55. The molecule has 1 atom stereocenters. The van der Waals surface area contributed by atoms with Gasteiger partial charge in [0.2, 0.25) is 5.91 Å². The van der Waals surface area contributed by atoms with E-state index < -0.39 is 0 Å². The largest absolute Gasteiger partial charge is 0.325 e. The van der Waals surface area contributed by atoms with Gasteiger partial charge in [-0.3, -0.25) is 14.5 Å². The molecular weight excluding hydrogens is 328 g/mol. The molecule has 132 valence electrons. The van der Waals surface area contributed by atoms with Crippen LogP contribution in [0.3, 0.4) is 0 Å². The van der Waals surface area contributed by atoms with Crippen LogP contribution in [-0.2, 0) is 11.3 Å². The Morgan fingerprint density at radius 2 is 1.92 bits per heavy atom. The van der Waals surface area contributed by atoms with E-state index in [2.05, 4.69) is 20.2 Å². The van der Waals surface area contributed by atoms with Gasteiger partial charge in [0.1, 0.15) is 5.82 Å². The van der Waals surface area contributed by atoms with Crippen LogP contribution in [0, 0.1) is 0 Å². The minimum absolute atomic E-state index is 0.0168. The van der Waals surface area contributed by atoms with Gasteiger partial charge in [0, 0.05) is 5.69 Å². The van der Waals surface area contributed by atoms with Crippen molar-refractivity contribution in [1.82, 2.24) is 14.9 Å². The van der Waals surface area contributed by atoms with Gasteiger partial charge in [-0.1, -0.05) is 30.3 Å². The van der Waals surface area contributed by atoms with Gasteiger partial charge >= 0.3 is 0 Å². The van der Waals surface area contributed by atoms with Gasteiger partial charge in [0.05, 0.1) is 23.5 Å². The van der Waals surface area contributed by atoms with Gasteiger partial charge in [0.25, 0.3) is 5.56 Å². The minimum atomic E-state index is -0.216. The van der Waals surface area contributed by atoms with Crippen LogP contribution in [0.15, 0.2) is 59.4 Å². The average Bonchev–Trinajstić information content (AvgIpc) is 3.11. The van der Waals surface area contributed by atoms with Crippen molar-refractivity contribution in [2.75, 3.05) is 11.9 Å². The molecule has 2 N–H and O–H groups in total. The van der Waals surface area contributed by atoms with Gasteiger partial charge in [-0.15, -0.1) is 0 Å². The monoisotopic (exact) mass is 348 g/mol. The zero-order valence-corrected chi connectivity index (χ0v) is 14.3. The summed E-state index contributed by atoms with van der Waals surface area (Å²) in [7, 11) is 0.